The summed E-state index contributed by atoms with van der Waals surface area (Å²) in [4.78, 5) is 48.7. The number of carbonyl (C=O) groups excluding carboxylic acids is 2. The molecule has 2 aliphatic heterocycles. The van der Waals surface area contributed by atoms with Crippen LogP contribution in [0, 0.1) is 6.92 Å². The van der Waals surface area contributed by atoms with Crippen molar-refractivity contribution in [3.8, 4) is 11.1 Å². The molecule has 13 heteroatoms. The van der Waals surface area contributed by atoms with Crippen LogP contribution in [0.15, 0.2) is 55.0 Å². The molecule has 3 aromatic heterocycles. The molecule has 0 bridgehead atoms. The van der Waals surface area contributed by atoms with Gasteiger partial charge in [0, 0.05) is 63.5 Å². The van der Waals surface area contributed by atoms with Crippen LogP contribution in [0.2, 0.25) is 5.02 Å². The zero-order chi connectivity index (χ0) is 36.7. The zero-order valence-corrected chi connectivity index (χ0v) is 30.9. The van der Waals surface area contributed by atoms with Crippen molar-refractivity contribution in [1.82, 2.24) is 34.3 Å². The number of nitrogens with one attached hydrogen (secondary N) is 1. The molecule has 0 unspecified atom stereocenters. The topological polar surface area (TPSA) is 139 Å². The molecule has 12 nitrogen and oxygen atoms in total. The van der Waals surface area contributed by atoms with Crippen LogP contribution in [-0.4, -0.2) is 82.7 Å². The molecule has 2 amide bonds. The summed E-state index contributed by atoms with van der Waals surface area (Å²) >= 11 is 7.02. The highest BCUT2D eigenvalue weighted by molar-refractivity contribution is 6.36. The second-order valence-electron chi connectivity index (χ2n) is 14.6. The van der Waals surface area contributed by atoms with E-state index in [1.165, 1.54) is 0 Å². The molecule has 5 aromatic rings. The Labute approximate surface area is 307 Å². The molecule has 2 aliphatic rings. The summed E-state index contributed by atoms with van der Waals surface area (Å²) in [6.07, 6.45) is 4.69. The summed E-state index contributed by atoms with van der Waals surface area (Å²) < 4.78 is 7.33. The van der Waals surface area contributed by atoms with E-state index in [4.69, 9.17) is 21.3 Å². The zero-order valence-electron chi connectivity index (χ0n) is 30.1. The van der Waals surface area contributed by atoms with Crippen LogP contribution in [0.1, 0.15) is 71.6 Å². The number of aliphatic hydroxyl groups excluding tert-OH is 1. The largest absolute Gasteiger partial charge is 0.444 e. The van der Waals surface area contributed by atoms with Crippen molar-refractivity contribution >= 4 is 40.3 Å². The van der Waals surface area contributed by atoms with Gasteiger partial charge in [-0.05, 0) is 68.5 Å². The van der Waals surface area contributed by atoms with Crippen LogP contribution in [-0.2, 0) is 37.7 Å². The van der Waals surface area contributed by atoms with Gasteiger partial charge in [-0.1, -0.05) is 41.9 Å². The lowest BCUT2D eigenvalue weighted by Crippen LogP contribution is -2.40. The molecule has 0 radical (unpaired) electrons. The van der Waals surface area contributed by atoms with Crippen LogP contribution in [0.4, 0.5) is 10.5 Å². The fourth-order valence-corrected chi connectivity index (χ4v) is 7.32. The number of ether oxygens (including phenoxy) is 1. The van der Waals surface area contributed by atoms with E-state index >= 15 is 0 Å². The smallest absolute Gasteiger partial charge is 0.410 e. The molecule has 0 saturated carbocycles. The Balaban J connectivity index is 1.09. The van der Waals surface area contributed by atoms with Gasteiger partial charge < -0.3 is 24.6 Å². The van der Waals surface area contributed by atoms with Crippen molar-refractivity contribution in [2.24, 2.45) is 7.05 Å². The molecule has 5 heterocycles. The maximum Gasteiger partial charge on any atom is 0.410 e. The number of carbonyl (C=O) groups is 2. The molecule has 2 aromatic carbocycles. The summed E-state index contributed by atoms with van der Waals surface area (Å²) in [5.74, 6) is -0.155. The van der Waals surface area contributed by atoms with Crippen molar-refractivity contribution in [3.05, 3.63) is 99.6 Å². The van der Waals surface area contributed by atoms with Gasteiger partial charge in [0.15, 0.2) is 5.82 Å². The Morgan fingerprint density at radius 3 is 2.63 bits per heavy atom. The predicted molar refractivity (Wildman–Crippen MR) is 199 cm³/mol. The Bertz CT molecular complexity index is 2180. The fraction of sp³-hybridized carbons (Fsp3) is 0.385. The first-order chi connectivity index (χ1) is 24.8. The van der Waals surface area contributed by atoms with Gasteiger partial charge >= 0.3 is 6.09 Å². The molecular formula is C39H43ClN8O4. The third kappa shape index (κ3) is 7.37. The van der Waals surface area contributed by atoms with Gasteiger partial charge in [-0.2, -0.15) is 0 Å². The Morgan fingerprint density at radius 2 is 1.87 bits per heavy atom. The van der Waals surface area contributed by atoms with Crippen molar-refractivity contribution in [3.63, 3.8) is 0 Å². The molecular weight excluding hydrogens is 680 g/mol. The molecule has 2 N–H and O–H groups in total. The number of hydrogen-bond acceptors (Lipinski definition) is 9. The Hall–Kier alpha value is -4.91. The van der Waals surface area contributed by atoms with E-state index in [1.807, 2.05) is 58.3 Å². The van der Waals surface area contributed by atoms with Gasteiger partial charge in [-0.25, -0.2) is 19.7 Å². The SMILES string of the molecule is Cc1c(Cc2ncnc3cc(CN4CC[C@@H](O)C4)cnc23)cccc1-c1cccc(NC(=O)c2nc3c(n2C)CCN(C(=O)OC(C)(C)C)C3)c1Cl. The Morgan fingerprint density at radius 1 is 1.08 bits per heavy atom. The monoisotopic (exact) mass is 722 g/mol. The number of imidazole rings is 1. The summed E-state index contributed by atoms with van der Waals surface area (Å²) in [5.41, 5.74) is 8.71. The second-order valence-corrected chi connectivity index (χ2v) is 15.0. The minimum absolute atomic E-state index is 0.239. The quantitative estimate of drug-likeness (QED) is 0.204. The molecule has 0 spiro atoms. The van der Waals surface area contributed by atoms with Gasteiger partial charge in [0.1, 0.15) is 17.4 Å². The van der Waals surface area contributed by atoms with Crippen molar-refractivity contribution in [2.45, 2.75) is 71.8 Å². The van der Waals surface area contributed by atoms with Crippen LogP contribution < -0.4 is 5.32 Å². The highest BCUT2D eigenvalue weighted by atomic mass is 35.5. The van der Waals surface area contributed by atoms with Gasteiger partial charge in [0.25, 0.3) is 5.91 Å². The number of nitrogens with zero attached hydrogens (tertiary/aromatic N) is 7. The number of fused-ring (bicyclic) bond motifs is 2. The molecule has 7 rings (SSSR count). The number of hydrogen-bond donors (Lipinski definition) is 2. The number of anilines is 1. The van der Waals surface area contributed by atoms with E-state index in [1.54, 1.807) is 21.9 Å². The summed E-state index contributed by atoms with van der Waals surface area (Å²) in [7, 11) is 1.81. The predicted octanol–water partition coefficient (Wildman–Crippen LogP) is 6.09. The average Bonchev–Trinajstić information content (AvgIpc) is 3.67. The van der Waals surface area contributed by atoms with E-state index in [9.17, 15) is 14.7 Å². The number of benzene rings is 2. The van der Waals surface area contributed by atoms with Gasteiger partial charge in [0.2, 0.25) is 0 Å². The molecule has 1 atom stereocenters. The molecule has 0 aliphatic carbocycles. The number of halogens is 1. The maximum atomic E-state index is 13.6. The first-order valence-electron chi connectivity index (χ1n) is 17.5. The number of pyridine rings is 1. The lowest BCUT2D eigenvalue weighted by atomic mass is 9.93. The molecule has 1 fully saturated rings. The normalized spacial score (nSPS) is 16.3. The van der Waals surface area contributed by atoms with E-state index in [-0.39, 0.29) is 18.5 Å². The van der Waals surface area contributed by atoms with Crippen LogP contribution in [0.3, 0.4) is 0 Å². The number of likely N-dealkylation sites (tertiary alicyclic amines) is 1. The molecule has 52 heavy (non-hydrogen) atoms. The third-order valence-electron chi connectivity index (χ3n) is 9.71. The standard InChI is InChI=1S/C39H43ClN8O4/c1-23-25(17-31-35-30(42-22-43-31)16-24(18-41-35)19-47-14-12-26(49)20-47)8-6-9-27(23)28-10-7-11-29(34(28)40)45-37(50)36-44-32-21-48(15-13-33(32)46(36)5)38(51)52-39(2,3)4/h6-11,16,18,22,26,49H,12-15,17,19-21H2,1-5H3,(H,45,50)/t26-/m1/s1. The first-order valence-corrected chi connectivity index (χ1v) is 17.9. The number of aromatic nitrogens is 5. The minimum atomic E-state index is -0.603. The van der Waals surface area contributed by atoms with Gasteiger partial charge in [-0.3, -0.25) is 14.7 Å². The van der Waals surface area contributed by atoms with E-state index in [0.717, 1.165) is 69.7 Å². The second kappa shape index (κ2) is 14.3. The highest BCUT2D eigenvalue weighted by Gasteiger charge is 2.30. The van der Waals surface area contributed by atoms with Crippen molar-refractivity contribution in [1.29, 1.82) is 0 Å². The average molecular weight is 723 g/mol. The van der Waals surface area contributed by atoms with Crippen molar-refractivity contribution in [2.75, 3.05) is 25.0 Å². The van der Waals surface area contributed by atoms with Crippen LogP contribution in [0.5, 0.6) is 0 Å². The molecule has 270 valence electrons. The molecule has 1 saturated heterocycles. The summed E-state index contributed by atoms with van der Waals surface area (Å²) in [6.45, 7) is 10.6. The third-order valence-corrected chi connectivity index (χ3v) is 10.1. The highest BCUT2D eigenvalue weighted by Crippen LogP contribution is 2.37. The lowest BCUT2D eigenvalue weighted by Gasteiger charge is -2.29. The van der Waals surface area contributed by atoms with Crippen molar-refractivity contribution < 1.29 is 19.4 Å². The summed E-state index contributed by atoms with van der Waals surface area (Å²) in [5, 5.41) is 13.3. The first kappa shape index (κ1) is 35.5. The Kier molecular flexibility index (Phi) is 9.73. The number of β-amino-alcohol motifs (C(OH)–C–C–N with tert-alkyl or cyclic N) is 1. The van der Waals surface area contributed by atoms with E-state index < -0.39 is 17.6 Å². The van der Waals surface area contributed by atoms with Gasteiger partial charge in [0.05, 0.1) is 40.3 Å². The lowest BCUT2D eigenvalue weighted by molar-refractivity contribution is 0.0220. The fourth-order valence-electron chi connectivity index (χ4n) is 7.04. The van der Waals surface area contributed by atoms with E-state index in [2.05, 4.69) is 44.2 Å². The summed E-state index contributed by atoms with van der Waals surface area (Å²) in [6, 6.07) is 13.7. The maximum absolute atomic E-state index is 13.6. The number of amides is 2. The van der Waals surface area contributed by atoms with Crippen LogP contribution in [0.25, 0.3) is 22.2 Å². The minimum Gasteiger partial charge on any atom is -0.444 e. The van der Waals surface area contributed by atoms with E-state index in [0.29, 0.717) is 42.3 Å². The van der Waals surface area contributed by atoms with Crippen LogP contribution >= 0.6 is 11.6 Å². The van der Waals surface area contributed by atoms with Gasteiger partial charge in [-0.15, -0.1) is 0 Å². The number of aliphatic hydroxyl groups is 1. The number of rotatable bonds is 7.